The van der Waals surface area contributed by atoms with Crippen LogP contribution in [-0.2, 0) is 15.1 Å². The van der Waals surface area contributed by atoms with Gasteiger partial charge in [0, 0.05) is 12.7 Å². The number of hydrogen-bond acceptors (Lipinski definition) is 5. The maximum Gasteiger partial charge on any atom is 0.238 e. The second-order valence-electron chi connectivity index (χ2n) is 6.60. The van der Waals surface area contributed by atoms with Gasteiger partial charge in [0.15, 0.2) is 5.96 Å². The number of hydrogen-bond donors (Lipinski definition) is 2. The predicted octanol–water partition coefficient (Wildman–Crippen LogP) is 2.43. The van der Waals surface area contributed by atoms with Crippen molar-refractivity contribution in [1.82, 2.24) is 4.90 Å². The van der Waals surface area contributed by atoms with Crippen molar-refractivity contribution in [2.24, 2.45) is 10.7 Å². The van der Waals surface area contributed by atoms with Crippen LogP contribution >= 0.6 is 11.8 Å². The zero-order valence-corrected chi connectivity index (χ0v) is 15.4. The minimum Gasteiger partial charge on any atom is -0.369 e. The fourth-order valence-electron chi connectivity index (χ4n) is 2.98. The number of nitrogens with one attached hydrogen (secondary N) is 1. The third kappa shape index (κ3) is 3.56. The summed E-state index contributed by atoms with van der Waals surface area (Å²) in [5.41, 5.74) is 6.70. The monoisotopic (exact) mass is 358 g/mol. The van der Waals surface area contributed by atoms with E-state index in [4.69, 9.17) is 5.73 Å². The maximum absolute atomic E-state index is 12.4. The van der Waals surface area contributed by atoms with E-state index in [1.807, 2.05) is 38.1 Å². The highest BCUT2D eigenvalue weighted by atomic mass is 32.2. The van der Waals surface area contributed by atoms with Gasteiger partial charge in [-0.2, -0.15) is 0 Å². The number of rotatable bonds is 3. The average molecular weight is 358 g/mol. The SMILES string of the molecule is CC1=CCC(C(=O)Nc2cccc(C3(C)CC(=O)N(C)C(N)=N3)c2)S1. The number of benzene rings is 1. The van der Waals surface area contributed by atoms with Crippen LogP contribution in [0.4, 0.5) is 5.69 Å². The number of thioether (sulfide) groups is 1. The van der Waals surface area contributed by atoms with Crippen molar-refractivity contribution in [1.29, 1.82) is 0 Å². The van der Waals surface area contributed by atoms with Gasteiger partial charge in [-0.3, -0.25) is 14.5 Å². The molecule has 7 heteroatoms. The molecule has 2 unspecified atom stereocenters. The summed E-state index contributed by atoms with van der Waals surface area (Å²) in [6.45, 7) is 3.89. The molecule has 2 aliphatic heterocycles. The molecule has 0 aliphatic carbocycles. The van der Waals surface area contributed by atoms with Crippen molar-refractivity contribution in [3.05, 3.63) is 40.8 Å². The molecule has 6 nitrogen and oxygen atoms in total. The van der Waals surface area contributed by atoms with E-state index in [2.05, 4.69) is 16.4 Å². The van der Waals surface area contributed by atoms with Gasteiger partial charge in [0.25, 0.3) is 0 Å². The van der Waals surface area contributed by atoms with Gasteiger partial charge in [-0.25, -0.2) is 4.99 Å². The predicted molar refractivity (Wildman–Crippen MR) is 101 cm³/mol. The Kier molecular flexibility index (Phi) is 4.60. The Morgan fingerprint density at radius 1 is 1.48 bits per heavy atom. The van der Waals surface area contributed by atoms with Crippen LogP contribution in [0.3, 0.4) is 0 Å². The fourth-order valence-corrected chi connectivity index (χ4v) is 3.98. The molecule has 0 saturated carbocycles. The van der Waals surface area contributed by atoms with Crippen LogP contribution in [-0.4, -0.2) is 35.0 Å². The molecule has 0 radical (unpaired) electrons. The second-order valence-corrected chi connectivity index (χ2v) is 8.05. The zero-order valence-electron chi connectivity index (χ0n) is 14.6. The Morgan fingerprint density at radius 3 is 2.88 bits per heavy atom. The summed E-state index contributed by atoms with van der Waals surface area (Å²) in [7, 11) is 1.62. The highest BCUT2D eigenvalue weighted by Crippen LogP contribution is 2.35. The van der Waals surface area contributed by atoms with Gasteiger partial charge >= 0.3 is 0 Å². The number of aliphatic imine (C=N–C) groups is 1. The highest BCUT2D eigenvalue weighted by Gasteiger charge is 2.36. The average Bonchev–Trinajstić information content (AvgIpc) is 2.99. The summed E-state index contributed by atoms with van der Waals surface area (Å²) >= 11 is 1.59. The summed E-state index contributed by atoms with van der Waals surface area (Å²) < 4.78 is 0. The Bertz CT molecular complexity index is 789. The maximum atomic E-state index is 12.4. The lowest BCUT2D eigenvalue weighted by atomic mass is 9.87. The first-order valence-electron chi connectivity index (χ1n) is 8.15. The lowest BCUT2D eigenvalue weighted by Crippen LogP contribution is -2.47. The van der Waals surface area contributed by atoms with E-state index in [-0.39, 0.29) is 29.4 Å². The van der Waals surface area contributed by atoms with Crippen molar-refractivity contribution < 1.29 is 9.59 Å². The molecule has 1 aromatic rings. The standard InChI is InChI=1S/C18H22N4O2S/c1-11-7-8-14(25-11)16(24)20-13-6-4-5-12(9-13)18(2)10-15(23)22(3)17(19)21-18/h4-7,9,14H,8,10H2,1-3H3,(H2,19,21)(H,20,24). The molecule has 2 atom stereocenters. The summed E-state index contributed by atoms with van der Waals surface area (Å²) in [5.74, 6) is 0.119. The van der Waals surface area contributed by atoms with Gasteiger partial charge in [0.2, 0.25) is 11.8 Å². The third-order valence-electron chi connectivity index (χ3n) is 4.57. The molecule has 2 heterocycles. The quantitative estimate of drug-likeness (QED) is 0.869. The first kappa shape index (κ1) is 17.5. The van der Waals surface area contributed by atoms with Crippen LogP contribution in [0.5, 0.6) is 0 Å². The molecule has 3 rings (SSSR count). The van der Waals surface area contributed by atoms with Crippen LogP contribution in [0.15, 0.2) is 40.2 Å². The number of nitrogens with zero attached hydrogens (tertiary/aromatic N) is 2. The number of anilines is 1. The minimum atomic E-state index is -0.728. The summed E-state index contributed by atoms with van der Waals surface area (Å²) in [4.78, 5) is 31.6. The summed E-state index contributed by atoms with van der Waals surface area (Å²) in [5, 5.41) is 2.88. The first-order valence-corrected chi connectivity index (χ1v) is 9.03. The molecule has 0 fully saturated rings. The Morgan fingerprint density at radius 2 is 2.24 bits per heavy atom. The van der Waals surface area contributed by atoms with Crippen LogP contribution in [0.2, 0.25) is 0 Å². The van der Waals surface area contributed by atoms with Crippen molar-refractivity contribution in [3.63, 3.8) is 0 Å². The van der Waals surface area contributed by atoms with E-state index in [0.717, 1.165) is 12.0 Å². The first-order chi connectivity index (χ1) is 11.8. The van der Waals surface area contributed by atoms with E-state index in [1.54, 1.807) is 18.8 Å². The van der Waals surface area contributed by atoms with Crippen molar-refractivity contribution in [2.45, 2.75) is 37.5 Å². The molecule has 132 valence electrons. The van der Waals surface area contributed by atoms with Gasteiger partial charge in [-0.1, -0.05) is 18.2 Å². The van der Waals surface area contributed by atoms with E-state index in [1.165, 1.54) is 9.81 Å². The van der Waals surface area contributed by atoms with Gasteiger partial charge in [-0.05, 0) is 42.9 Å². The van der Waals surface area contributed by atoms with E-state index in [9.17, 15) is 9.59 Å². The van der Waals surface area contributed by atoms with E-state index >= 15 is 0 Å². The lowest BCUT2D eigenvalue weighted by Gasteiger charge is -2.33. The minimum absolute atomic E-state index is 0.0112. The molecule has 0 saturated heterocycles. The number of carbonyl (C=O) groups excluding carboxylic acids is 2. The van der Waals surface area contributed by atoms with Crippen LogP contribution in [0.25, 0.3) is 0 Å². The zero-order chi connectivity index (χ0) is 18.2. The fraction of sp³-hybridized carbons (Fsp3) is 0.389. The summed E-state index contributed by atoms with van der Waals surface area (Å²) in [6.07, 6.45) is 3.07. The smallest absolute Gasteiger partial charge is 0.238 e. The van der Waals surface area contributed by atoms with Crippen LogP contribution in [0.1, 0.15) is 32.3 Å². The second kappa shape index (κ2) is 6.55. The largest absolute Gasteiger partial charge is 0.369 e. The Balaban J connectivity index is 1.80. The number of nitrogens with two attached hydrogens (primary N) is 1. The molecular weight excluding hydrogens is 336 g/mol. The molecule has 0 spiro atoms. The van der Waals surface area contributed by atoms with Gasteiger partial charge in [-0.15, -0.1) is 11.8 Å². The van der Waals surface area contributed by atoms with Crippen LogP contribution in [0, 0.1) is 0 Å². The Labute approximate surface area is 151 Å². The van der Waals surface area contributed by atoms with Gasteiger partial charge in [0.1, 0.15) is 0 Å². The molecule has 0 aromatic heterocycles. The number of amides is 2. The van der Waals surface area contributed by atoms with E-state index < -0.39 is 5.54 Å². The van der Waals surface area contributed by atoms with Crippen molar-refractivity contribution in [3.8, 4) is 0 Å². The molecule has 3 N–H and O–H groups in total. The Hall–Kier alpha value is -2.28. The topological polar surface area (TPSA) is 87.8 Å². The van der Waals surface area contributed by atoms with Crippen LogP contribution < -0.4 is 11.1 Å². The summed E-state index contributed by atoms with van der Waals surface area (Å²) in [6, 6.07) is 7.47. The lowest BCUT2D eigenvalue weighted by molar-refractivity contribution is -0.128. The molecule has 2 amide bonds. The number of allylic oxidation sites excluding steroid dienone is 2. The van der Waals surface area contributed by atoms with Crippen molar-refractivity contribution in [2.75, 3.05) is 12.4 Å². The molecule has 1 aromatic carbocycles. The molecule has 25 heavy (non-hydrogen) atoms. The van der Waals surface area contributed by atoms with Gasteiger partial charge in [0.05, 0.1) is 17.2 Å². The highest BCUT2D eigenvalue weighted by molar-refractivity contribution is 8.04. The normalized spacial score (nSPS) is 26.3. The van der Waals surface area contributed by atoms with Crippen molar-refractivity contribution >= 4 is 35.2 Å². The molecule has 0 bridgehead atoms. The number of guanidine groups is 1. The number of carbonyl (C=O) groups is 2. The molecule has 2 aliphatic rings. The van der Waals surface area contributed by atoms with Gasteiger partial charge < -0.3 is 11.1 Å². The van der Waals surface area contributed by atoms with E-state index in [0.29, 0.717) is 5.69 Å². The third-order valence-corrected chi connectivity index (χ3v) is 5.80. The molecular formula is C18H22N4O2S.